The number of benzene rings is 2. The summed E-state index contributed by atoms with van der Waals surface area (Å²) in [5.41, 5.74) is 2.26. The molecule has 1 unspecified atom stereocenters. The van der Waals surface area contributed by atoms with E-state index in [4.69, 9.17) is 27.9 Å². The maximum Gasteiger partial charge on any atom is 0.308 e. The van der Waals surface area contributed by atoms with Crippen LogP contribution in [0, 0.1) is 11.8 Å². The van der Waals surface area contributed by atoms with Crippen LogP contribution < -0.4 is 4.74 Å². The molecule has 0 aliphatic carbocycles. The molecule has 3 atom stereocenters. The maximum atomic E-state index is 15.4. The number of carbonyl (C=O) groups is 1. The van der Waals surface area contributed by atoms with Crippen molar-refractivity contribution < 1.29 is 19.0 Å². The zero-order valence-corrected chi connectivity index (χ0v) is 22.5. The van der Waals surface area contributed by atoms with Crippen molar-refractivity contribution in [2.24, 2.45) is 11.8 Å². The molecule has 1 aromatic heterocycles. The molecule has 0 amide bonds. The van der Waals surface area contributed by atoms with Crippen LogP contribution >= 0.6 is 23.2 Å². The number of pyridine rings is 1. The predicted octanol–water partition coefficient (Wildman–Crippen LogP) is 7.39. The Balaban J connectivity index is 1.30. The van der Waals surface area contributed by atoms with E-state index < -0.39 is 18.1 Å². The number of rotatable bonds is 11. The summed E-state index contributed by atoms with van der Waals surface area (Å²) in [4.78, 5) is 18.6. The topological polar surface area (TPSA) is 62.7 Å². The molecule has 1 saturated heterocycles. The first-order valence-corrected chi connectivity index (χ1v) is 13.6. The Bertz CT molecular complexity index is 1200. The van der Waals surface area contributed by atoms with Crippen molar-refractivity contribution in [3.05, 3.63) is 69.8 Å². The summed E-state index contributed by atoms with van der Waals surface area (Å²) in [6.07, 6.45) is 4.65. The average molecular weight is 547 g/mol. The van der Waals surface area contributed by atoms with Gasteiger partial charge in [-0.05, 0) is 105 Å². The fourth-order valence-corrected chi connectivity index (χ4v) is 5.95. The highest BCUT2D eigenvalue weighted by Gasteiger charge is 2.34. The first-order chi connectivity index (χ1) is 17.9. The van der Waals surface area contributed by atoms with Crippen LogP contribution in [0.2, 0.25) is 10.0 Å². The smallest absolute Gasteiger partial charge is 0.308 e. The van der Waals surface area contributed by atoms with Gasteiger partial charge in [-0.15, -0.1) is 0 Å². The van der Waals surface area contributed by atoms with Gasteiger partial charge < -0.3 is 14.7 Å². The number of carboxylic acids is 1. The third-order valence-electron chi connectivity index (χ3n) is 7.48. The van der Waals surface area contributed by atoms with Gasteiger partial charge in [0.05, 0.1) is 18.5 Å². The number of hydrogen-bond donors (Lipinski definition) is 1. The lowest BCUT2D eigenvalue weighted by Gasteiger charge is -2.37. The highest BCUT2D eigenvalue weighted by Crippen LogP contribution is 2.35. The molecule has 1 fully saturated rings. The maximum absolute atomic E-state index is 15.4. The Hall–Kier alpha value is -2.41. The molecule has 0 bridgehead atoms. The Morgan fingerprint density at radius 1 is 1.22 bits per heavy atom. The van der Waals surface area contributed by atoms with Gasteiger partial charge in [0, 0.05) is 28.2 Å². The largest absolute Gasteiger partial charge is 0.497 e. The third-order valence-corrected chi connectivity index (χ3v) is 8.19. The molecule has 0 saturated carbocycles. The Labute approximate surface area is 227 Å². The first kappa shape index (κ1) is 27.6. The highest BCUT2D eigenvalue weighted by molar-refractivity contribution is 6.35. The number of aromatic nitrogens is 1. The molecular weight excluding hydrogens is 514 g/mol. The number of fused-ring (bicyclic) bond motifs is 1. The molecular formula is C29H33Cl2FN2O3. The van der Waals surface area contributed by atoms with Crippen LogP contribution in [0.25, 0.3) is 10.9 Å². The number of alkyl halides is 1. The average Bonchev–Trinajstić information content (AvgIpc) is 2.90. The van der Waals surface area contributed by atoms with Crippen LogP contribution in [0.1, 0.15) is 49.4 Å². The van der Waals surface area contributed by atoms with E-state index in [9.17, 15) is 9.90 Å². The Morgan fingerprint density at radius 3 is 2.73 bits per heavy atom. The molecule has 0 radical (unpaired) electrons. The number of aliphatic carboxylic acids is 1. The first-order valence-electron chi connectivity index (χ1n) is 12.8. The van der Waals surface area contributed by atoms with E-state index in [0.29, 0.717) is 34.3 Å². The second-order valence-electron chi connectivity index (χ2n) is 9.78. The molecule has 5 nitrogen and oxygen atoms in total. The number of hydrogen-bond acceptors (Lipinski definition) is 4. The molecule has 37 heavy (non-hydrogen) atoms. The van der Waals surface area contributed by atoms with Gasteiger partial charge in [0.15, 0.2) is 0 Å². The zero-order chi connectivity index (χ0) is 26.4. The van der Waals surface area contributed by atoms with Crippen LogP contribution in [-0.4, -0.2) is 47.7 Å². The molecule has 1 aliphatic heterocycles. The van der Waals surface area contributed by atoms with E-state index in [2.05, 4.69) is 9.88 Å². The van der Waals surface area contributed by atoms with E-state index in [1.807, 2.05) is 36.4 Å². The molecule has 8 heteroatoms. The summed E-state index contributed by atoms with van der Waals surface area (Å²) in [6.45, 7) is 2.15. The fourth-order valence-electron chi connectivity index (χ4n) is 5.37. The third kappa shape index (κ3) is 6.92. The SMILES string of the molecule is COc1ccc2nccc(C(F)CC[C@@H]3CCN(CCCCc4c(Cl)cccc4Cl)C[C@@H]3C(=O)O)c2c1. The molecule has 3 aromatic rings. The van der Waals surface area contributed by atoms with Gasteiger partial charge in [0.2, 0.25) is 0 Å². The molecule has 2 heterocycles. The van der Waals surface area contributed by atoms with E-state index in [1.54, 1.807) is 19.4 Å². The lowest BCUT2D eigenvalue weighted by Crippen LogP contribution is -2.44. The molecule has 198 valence electrons. The highest BCUT2D eigenvalue weighted by atomic mass is 35.5. The number of halogens is 3. The van der Waals surface area contributed by atoms with Crippen molar-refractivity contribution in [1.82, 2.24) is 9.88 Å². The lowest BCUT2D eigenvalue weighted by atomic mass is 9.81. The summed E-state index contributed by atoms with van der Waals surface area (Å²) >= 11 is 12.5. The molecule has 2 aromatic carbocycles. The number of methoxy groups -OCH3 is 1. The number of likely N-dealkylation sites (tertiary alicyclic amines) is 1. The van der Waals surface area contributed by atoms with Crippen molar-refractivity contribution in [3.8, 4) is 5.75 Å². The Morgan fingerprint density at radius 2 is 2.00 bits per heavy atom. The second kappa shape index (κ2) is 12.9. The van der Waals surface area contributed by atoms with E-state index >= 15 is 4.39 Å². The number of carboxylic acid groups (broad SMARTS) is 1. The summed E-state index contributed by atoms with van der Waals surface area (Å²) in [6, 6.07) is 12.7. The van der Waals surface area contributed by atoms with Crippen molar-refractivity contribution in [2.75, 3.05) is 26.7 Å². The van der Waals surface area contributed by atoms with E-state index in [-0.39, 0.29) is 12.3 Å². The number of ether oxygens (including phenoxy) is 1. The minimum atomic E-state index is -1.19. The monoisotopic (exact) mass is 546 g/mol. The van der Waals surface area contributed by atoms with Gasteiger partial charge in [-0.25, -0.2) is 4.39 Å². The quantitative estimate of drug-likeness (QED) is 0.254. The van der Waals surface area contributed by atoms with Crippen molar-refractivity contribution in [3.63, 3.8) is 0 Å². The van der Waals surface area contributed by atoms with Gasteiger partial charge in [-0.2, -0.15) is 0 Å². The van der Waals surface area contributed by atoms with Crippen LogP contribution in [0.5, 0.6) is 5.75 Å². The molecule has 1 aliphatic rings. The summed E-state index contributed by atoms with van der Waals surface area (Å²) in [5, 5.41) is 12.0. The second-order valence-corrected chi connectivity index (χ2v) is 10.6. The number of piperidine rings is 1. The van der Waals surface area contributed by atoms with Crippen LogP contribution in [0.4, 0.5) is 4.39 Å². The Kier molecular flexibility index (Phi) is 9.63. The van der Waals surface area contributed by atoms with Gasteiger partial charge >= 0.3 is 5.97 Å². The van der Waals surface area contributed by atoms with Gasteiger partial charge in [0.1, 0.15) is 11.9 Å². The molecule has 1 N–H and O–H groups in total. The van der Waals surface area contributed by atoms with Crippen molar-refractivity contribution in [1.29, 1.82) is 0 Å². The normalized spacial score (nSPS) is 19.1. The fraction of sp³-hybridized carbons (Fsp3) is 0.448. The molecule has 0 spiro atoms. The van der Waals surface area contributed by atoms with Crippen LogP contribution in [0.3, 0.4) is 0 Å². The minimum absolute atomic E-state index is 0.0448. The van der Waals surface area contributed by atoms with Gasteiger partial charge in [-0.1, -0.05) is 29.3 Å². The predicted molar refractivity (Wildman–Crippen MR) is 146 cm³/mol. The summed E-state index contributed by atoms with van der Waals surface area (Å²) in [7, 11) is 1.58. The summed E-state index contributed by atoms with van der Waals surface area (Å²) < 4.78 is 20.7. The van der Waals surface area contributed by atoms with Crippen molar-refractivity contribution >= 4 is 40.1 Å². The van der Waals surface area contributed by atoms with E-state index in [0.717, 1.165) is 55.2 Å². The molecule has 4 rings (SSSR count). The van der Waals surface area contributed by atoms with Gasteiger partial charge in [0.25, 0.3) is 0 Å². The van der Waals surface area contributed by atoms with Crippen LogP contribution in [0.15, 0.2) is 48.7 Å². The van der Waals surface area contributed by atoms with Crippen LogP contribution in [-0.2, 0) is 11.2 Å². The minimum Gasteiger partial charge on any atom is -0.497 e. The van der Waals surface area contributed by atoms with Crippen molar-refractivity contribution in [2.45, 2.75) is 44.7 Å². The standard InChI is InChI=1S/C29H33Cl2FN2O3/c1-37-20-9-11-28-23(17-20)21(12-14-33-28)27(32)10-8-19-13-16-34(18-24(19)29(35)36)15-3-2-5-22-25(30)6-4-7-26(22)31/h4,6-7,9,11-12,14,17,19,24,27H,2-3,5,8,10,13,15-16,18H2,1H3,(H,35,36)/t19-,24+,27?/m1/s1. The lowest BCUT2D eigenvalue weighted by molar-refractivity contribution is -0.146. The summed E-state index contributed by atoms with van der Waals surface area (Å²) in [5.74, 6) is -0.681. The van der Waals surface area contributed by atoms with Gasteiger partial charge in [-0.3, -0.25) is 9.78 Å². The number of unbranched alkanes of at least 4 members (excludes halogenated alkanes) is 1. The zero-order valence-electron chi connectivity index (χ0n) is 21.0. The van der Waals surface area contributed by atoms with E-state index in [1.165, 1.54) is 0 Å². The number of nitrogens with zero attached hydrogens (tertiary/aromatic N) is 2.